The van der Waals surface area contributed by atoms with Gasteiger partial charge in [0.05, 0.1) is 16.1 Å². The van der Waals surface area contributed by atoms with Crippen LogP contribution in [0.3, 0.4) is 0 Å². The molecular weight excluding hydrogens is 489 g/mol. The summed E-state index contributed by atoms with van der Waals surface area (Å²) >= 11 is 14.2. The largest absolute Gasteiger partial charge is 0.301 e. The first-order valence-corrected chi connectivity index (χ1v) is 12.6. The lowest BCUT2D eigenvalue weighted by Crippen LogP contribution is -2.41. The van der Waals surface area contributed by atoms with Gasteiger partial charge < -0.3 is 5.32 Å². The van der Waals surface area contributed by atoms with E-state index < -0.39 is 11.8 Å². The average molecular weight is 512 g/mol. The summed E-state index contributed by atoms with van der Waals surface area (Å²) in [6.45, 7) is 5.97. The molecule has 5 nitrogen and oxygen atoms in total. The van der Waals surface area contributed by atoms with Gasteiger partial charge in [0.25, 0.3) is 0 Å². The van der Waals surface area contributed by atoms with E-state index in [-0.39, 0.29) is 17.1 Å². The predicted octanol–water partition coefficient (Wildman–Crippen LogP) is 7.06. The Morgan fingerprint density at radius 2 is 1.91 bits per heavy atom. The summed E-state index contributed by atoms with van der Waals surface area (Å²) in [5.74, 6) is -1.50. The number of amides is 1. The molecule has 0 radical (unpaired) electrons. The highest BCUT2D eigenvalue weighted by molar-refractivity contribution is 7.22. The minimum atomic E-state index is -0.699. The van der Waals surface area contributed by atoms with Gasteiger partial charge in [0.2, 0.25) is 5.91 Å². The summed E-state index contributed by atoms with van der Waals surface area (Å²) in [6, 6.07) is 12.9. The molecule has 0 fully saturated rings. The van der Waals surface area contributed by atoms with E-state index in [2.05, 4.69) is 24.1 Å². The van der Waals surface area contributed by atoms with Gasteiger partial charge in [-0.3, -0.25) is 14.6 Å². The lowest BCUT2D eigenvalue weighted by Gasteiger charge is -2.39. The molecule has 34 heavy (non-hydrogen) atoms. The fourth-order valence-electron chi connectivity index (χ4n) is 4.98. The van der Waals surface area contributed by atoms with Crippen LogP contribution in [0.1, 0.15) is 45.1 Å². The van der Waals surface area contributed by atoms with Crippen molar-refractivity contribution >= 4 is 67.3 Å². The monoisotopic (exact) mass is 511 g/mol. The Morgan fingerprint density at radius 1 is 1.15 bits per heavy atom. The van der Waals surface area contributed by atoms with E-state index in [1.807, 2.05) is 37.3 Å². The summed E-state index contributed by atoms with van der Waals surface area (Å²) in [6.07, 6.45) is 1.06. The third kappa shape index (κ3) is 4.19. The van der Waals surface area contributed by atoms with Gasteiger partial charge in [-0.05, 0) is 48.6 Å². The number of fused-ring (bicyclic) bond motifs is 1. The number of ketones is 1. The molecule has 2 heterocycles. The van der Waals surface area contributed by atoms with E-state index in [0.29, 0.717) is 44.9 Å². The van der Waals surface area contributed by atoms with Crippen LogP contribution in [0.4, 0.5) is 5.13 Å². The molecule has 174 valence electrons. The number of hydrogen-bond donors (Lipinski definition) is 1. The maximum Gasteiger partial charge on any atom is 0.235 e. The number of nitrogens with one attached hydrogen (secondary N) is 1. The van der Waals surface area contributed by atoms with Crippen molar-refractivity contribution in [3.8, 4) is 0 Å². The molecule has 1 amide bonds. The molecule has 1 aromatic heterocycles. The molecule has 2 aliphatic rings. The highest BCUT2D eigenvalue weighted by Crippen LogP contribution is 2.49. The molecule has 1 aliphatic carbocycles. The van der Waals surface area contributed by atoms with Gasteiger partial charge >= 0.3 is 0 Å². The summed E-state index contributed by atoms with van der Waals surface area (Å²) in [5.41, 5.74) is 3.31. The topological polar surface area (TPSA) is 71.4 Å². The van der Waals surface area contributed by atoms with Gasteiger partial charge in [0.15, 0.2) is 10.9 Å². The first-order valence-electron chi connectivity index (χ1n) is 11.1. The van der Waals surface area contributed by atoms with Gasteiger partial charge in [-0.2, -0.15) is 0 Å². The van der Waals surface area contributed by atoms with Crippen LogP contribution in [0, 0.1) is 11.3 Å². The lowest BCUT2D eigenvalue weighted by molar-refractivity contribution is -0.119. The van der Waals surface area contributed by atoms with Crippen molar-refractivity contribution in [2.24, 2.45) is 16.3 Å². The molecule has 0 bridgehead atoms. The molecule has 0 saturated carbocycles. The van der Waals surface area contributed by atoms with Crippen LogP contribution in [-0.4, -0.2) is 22.4 Å². The second-order valence-electron chi connectivity index (χ2n) is 9.65. The van der Waals surface area contributed by atoms with Crippen molar-refractivity contribution in [3.05, 3.63) is 69.3 Å². The van der Waals surface area contributed by atoms with Crippen molar-refractivity contribution in [2.75, 3.05) is 5.32 Å². The number of nitrogens with zero attached hydrogens (tertiary/aromatic N) is 2. The number of carbonyl (C=O) groups excluding carboxylic acids is 2. The molecule has 2 atom stereocenters. The summed E-state index contributed by atoms with van der Waals surface area (Å²) < 4.78 is 0.985. The number of halogens is 2. The van der Waals surface area contributed by atoms with E-state index in [4.69, 9.17) is 28.2 Å². The van der Waals surface area contributed by atoms with Crippen LogP contribution in [0.15, 0.2) is 58.7 Å². The van der Waals surface area contributed by atoms with Crippen LogP contribution < -0.4 is 5.32 Å². The summed E-state index contributed by atoms with van der Waals surface area (Å²) in [4.78, 5) is 36.4. The standard InChI is InChI=1S/C26H23Cl2N3O2S/c1-13-21(24(33)31-25-30-17-6-4-5-7-20(17)34-25)22(15-9-8-14(27)10-16(15)28)23-18(29-13)11-26(2,3)12-19(23)32/h4-10,21-22H,11-12H2,1-3H3,(H,30,31,33)/t21?,22-/m1/s1. The Morgan fingerprint density at radius 3 is 2.65 bits per heavy atom. The number of hydrogen-bond acceptors (Lipinski definition) is 5. The zero-order valence-electron chi connectivity index (χ0n) is 19.0. The van der Waals surface area contributed by atoms with E-state index in [1.165, 1.54) is 11.3 Å². The number of carbonyl (C=O) groups is 2. The molecule has 1 N–H and O–H groups in total. The Kier molecular flexibility index (Phi) is 5.87. The SMILES string of the molecule is CC1=NC2=C(C(=O)CC(C)(C)C2)[C@H](c2ccc(Cl)cc2Cl)C1C(=O)Nc1nc2ccccc2s1. The predicted molar refractivity (Wildman–Crippen MR) is 139 cm³/mol. The zero-order valence-corrected chi connectivity index (χ0v) is 21.3. The van der Waals surface area contributed by atoms with Crippen LogP contribution in [0.2, 0.25) is 10.0 Å². The lowest BCUT2D eigenvalue weighted by atomic mass is 9.66. The molecular formula is C26H23Cl2N3O2S. The molecule has 1 aliphatic heterocycles. The fourth-order valence-corrected chi connectivity index (χ4v) is 6.38. The summed E-state index contributed by atoms with van der Waals surface area (Å²) in [5, 5.41) is 4.40. The van der Waals surface area contributed by atoms with Crippen molar-refractivity contribution < 1.29 is 9.59 Å². The van der Waals surface area contributed by atoms with E-state index in [0.717, 1.165) is 15.9 Å². The van der Waals surface area contributed by atoms with Gasteiger partial charge in [0, 0.05) is 39.4 Å². The first kappa shape index (κ1) is 23.2. The molecule has 3 aromatic rings. The van der Waals surface area contributed by atoms with Gasteiger partial charge in [-0.1, -0.05) is 66.6 Å². The zero-order chi connectivity index (χ0) is 24.2. The van der Waals surface area contributed by atoms with E-state index >= 15 is 0 Å². The molecule has 1 unspecified atom stereocenters. The number of rotatable bonds is 3. The van der Waals surface area contributed by atoms with Crippen LogP contribution in [0.25, 0.3) is 10.2 Å². The van der Waals surface area contributed by atoms with Crippen LogP contribution >= 0.6 is 34.5 Å². The quantitative estimate of drug-likeness (QED) is 0.409. The van der Waals surface area contributed by atoms with Crippen LogP contribution in [-0.2, 0) is 9.59 Å². The maximum atomic E-state index is 13.7. The third-order valence-corrected chi connectivity index (χ3v) is 7.92. The molecule has 8 heteroatoms. The minimum Gasteiger partial charge on any atom is -0.301 e. The smallest absolute Gasteiger partial charge is 0.235 e. The number of thiazole rings is 1. The van der Waals surface area contributed by atoms with Crippen molar-refractivity contribution in [2.45, 2.75) is 39.5 Å². The van der Waals surface area contributed by atoms with E-state index in [9.17, 15) is 9.59 Å². The molecule has 2 aromatic carbocycles. The van der Waals surface area contributed by atoms with Crippen molar-refractivity contribution in [1.29, 1.82) is 0 Å². The Labute approximate surface area is 211 Å². The number of para-hydroxylation sites is 1. The van der Waals surface area contributed by atoms with Crippen LogP contribution in [0.5, 0.6) is 0 Å². The average Bonchev–Trinajstić information content (AvgIpc) is 3.14. The first-order chi connectivity index (χ1) is 16.1. The third-order valence-electron chi connectivity index (χ3n) is 6.41. The number of aliphatic imine (C=N–C) groups is 1. The molecule has 0 saturated heterocycles. The number of Topliss-reactive ketones (excluding diaryl/α,β-unsaturated/α-hetero) is 1. The van der Waals surface area contributed by atoms with Gasteiger partial charge in [-0.15, -0.1) is 0 Å². The Hall–Kier alpha value is -2.54. The minimum absolute atomic E-state index is 0.0105. The maximum absolute atomic E-state index is 13.7. The van der Waals surface area contributed by atoms with Crippen molar-refractivity contribution in [1.82, 2.24) is 4.98 Å². The normalized spacial score (nSPS) is 21.9. The highest BCUT2D eigenvalue weighted by Gasteiger charge is 2.46. The number of aromatic nitrogens is 1. The molecule has 5 rings (SSSR count). The number of allylic oxidation sites excluding steroid dienone is 2. The molecule has 0 spiro atoms. The van der Waals surface area contributed by atoms with Gasteiger partial charge in [0.1, 0.15) is 0 Å². The fraction of sp³-hybridized carbons (Fsp3) is 0.308. The second kappa shape index (κ2) is 8.59. The number of anilines is 1. The van der Waals surface area contributed by atoms with E-state index in [1.54, 1.807) is 12.1 Å². The Balaban J connectivity index is 1.60. The number of benzene rings is 2. The Bertz CT molecular complexity index is 1370. The van der Waals surface area contributed by atoms with Crippen molar-refractivity contribution in [3.63, 3.8) is 0 Å². The van der Waals surface area contributed by atoms with Gasteiger partial charge in [-0.25, -0.2) is 4.98 Å². The highest BCUT2D eigenvalue weighted by atomic mass is 35.5. The summed E-state index contributed by atoms with van der Waals surface area (Å²) in [7, 11) is 0. The second-order valence-corrected chi connectivity index (χ2v) is 11.5.